The van der Waals surface area contributed by atoms with Crippen molar-refractivity contribution >= 4 is 17.7 Å². The lowest BCUT2D eigenvalue weighted by Crippen LogP contribution is -2.48. The summed E-state index contributed by atoms with van der Waals surface area (Å²) in [5, 5.41) is 2.93. The van der Waals surface area contributed by atoms with Crippen molar-refractivity contribution in [1.29, 1.82) is 0 Å². The van der Waals surface area contributed by atoms with E-state index in [-0.39, 0.29) is 30.6 Å². The lowest BCUT2D eigenvalue weighted by atomic mass is 9.93. The summed E-state index contributed by atoms with van der Waals surface area (Å²) >= 11 is 0. The van der Waals surface area contributed by atoms with E-state index >= 15 is 0 Å². The first kappa shape index (κ1) is 18.0. The van der Waals surface area contributed by atoms with Gasteiger partial charge in [-0.05, 0) is 37.5 Å². The van der Waals surface area contributed by atoms with Crippen LogP contribution < -0.4 is 5.32 Å². The standard InChI is InChI=1S/C21H24N2O3/c1-16-12-13-18(20(24)22-19-10-6-3-7-11-19)14-23(16)21(25)26-15-17-8-4-2-5-9-17/h2-11,16,18H,12-15H2,1H3,(H,22,24). The Hall–Kier alpha value is -2.82. The third-order valence-electron chi connectivity index (χ3n) is 4.73. The second kappa shape index (κ2) is 8.52. The first-order chi connectivity index (χ1) is 12.6. The number of amides is 2. The zero-order valence-corrected chi connectivity index (χ0v) is 14.9. The van der Waals surface area contributed by atoms with Crippen LogP contribution in [0, 0.1) is 5.92 Å². The molecule has 1 aliphatic rings. The van der Waals surface area contributed by atoms with Gasteiger partial charge in [-0.3, -0.25) is 4.79 Å². The number of para-hydroxylation sites is 1. The quantitative estimate of drug-likeness (QED) is 0.903. The highest BCUT2D eigenvalue weighted by atomic mass is 16.6. The highest BCUT2D eigenvalue weighted by Crippen LogP contribution is 2.24. The SMILES string of the molecule is CC1CCC(C(=O)Nc2ccccc2)CN1C(=O)OCc1ccccc1. The van der Waals surface area contributed by atoms with Gasteiger partial charge in [-0.1, -0.05) is 48.5 Å². The Labute approximate surface area is 154 Å². The Balaban J connectivity index is 1.56. The number of carbonyl (C=O) groups is 2. The maximum absolute atomic E-state index is 12.5. The fourth-order valence-corrected chi connectivity index (χ4v) is 3.14. The van der Waals surface area contributed by atoms with Gasteiger partial charge in [0.2, 0.25) is 5.91 Å². The van der Waals surface area contributed by atoms with Gasteiger partial charge in [-0.15, -0.1) is 0 Å². The third kappa shape index (κ3) is 4.63. The van der Waals surface area contributed by atoms with Crippen molar-refractivity contribution in [3.05, 3.63) is 66.2 Å². The monoisotopic (exact) mass is 352 g/mol. The van der Waals surface area contributed by atoms with E-state index < -0.39 is 0 Å². The molecule has 0 radical (unpaired) electrons. The van der Waals surface area contributed by atoms with Crippen molar-refractivity contribution in [2.45, 2.75) is 32.4 Å². The molecule has 2 aromatic rings. The van der Waals surface area contributed by atoms with Crippen LogP contribution in [0.25, 0.3) is 0 Å². The summed E-state index contributed by atoms with van der Waals surface area (Å²) in [6.45, 7) is 2.62. The predicted octanol–water partition coefficient (Wildman–Crippen LogP) is 4.06. The maximum Gasteiger partial charge on any atom is 0.410 e. The molecule has 0 aliphatic carbocycles. The summed E-state index contributed by atoms with van der Waals surface area (Å²) in [6.07, 6.45) is 1.19. The Morgan fingerprint density at radius 1 is 1.04 bits per heavy atom. The maximum atomic E-state index is 12.5. The molecule has 1 saturated heterocycles. The molecule has 5 nitrogen and oxygen atoms in total. The van der Waals surface area contributed by atoms with E-state index in [1.54, 1.807) is 4.90 Å². The Morgan fingerprint density at radius 3 is 2.38 bits per heavy atom. The first-order valence-electron chi connectivity index (χ1n) is 8.96. The number of hydrogen-bond donors (Lipinski definition) is 1. The summed E-state index contributed by atoms with van der Waals surface area (Å²) < 4.78 is 5.44. The number of carbonyl (C=O) groups excluding carboxylic acids is 2. The minimum atomic E-state index is -0.362. The van der Waals surface area contributed by atoms with Crippen molar-refractivity contribution in [2.75, 3.05) is 11.9 Å². The van der Waals surface area contributed by atoms with Gasteiger partial charge in [0.15, 0.2) is 0 Å². The zero-order chi connectivity index (χ0) is 18.4. The van der Waals surface area contributed by atoms with Crippen LogP contribution in [0.1, 0.15) is 25.3 Å². The molecule has 2 amide bonds. The van der Waals surface area contributed by atoms with Crippen molar-refractivity contribution < 1.29 is 14.3 Å². The molecule has 1 N–H and O–H groups in total. The Kier molecular flexibility index (Phi) is 5.89. The smallest absolute Gasteiger partial charge is 0.410 e. The number of ether oxygens (including phenoxy) is 1. The van der Waals surface area contributed by atoms with Crippen molar-refractivity contribution in [3.63, 3.8) is 0 Å². The fraction of sp³-hybridized carbons (Fsp3) is 0.333. The minimum absolute atomic E-state index is 0.0519. The molecular formula is C21H24N2O3. The molecule has 0 aromatic heterocycles. The van der Waals surface area contributed by atoms with Gasteiger partial charge in [0.05, 0.1) is 5.92 Å². The molecule has 0 spiro atoms. The summed E-state index contributed by atoms with van der Waals surface area (Å²) in [6, 6.07) is 19.0. The van der Waals surface area contributed by atoms with Crippen LogP contribution >= 0.6 is 0 Å². The van der Waals surface area contributed by atoms with E-state index in [9.17, 15) is 9.59 Å². The van der Waals surface area contributed by atoms with Gasteiger partial charge in [0.25, 0.3) is 0 Å². The van der Waals surface area contributed by atoms with Gasteiger partial charge >= 0.3 is 6.09 Å². The second-order valence-corrected chi connectivity index (χ2v) is 6.67. The molecular weight excluding hydrogens is 328 g/mol. The van der Waals surface area contributed by atoms with E-state index in [1.807, 2.05) is 67.6 Å². The van der Waals surface area contributed by atoms with Gasteiger partial charge in [-0.2, -0.15) is 0 Å². The number of nitrogens with zero attached hydrogens (tertiary/aromatic N) is 1. The van der Waals surface area contributed by atoms with Crippen LogP contribution in [0.4, 0.5) is 10.5 Å². The van der Waals surface area contributed by atoms with Crippen LogP contribution in [0.5, 0.6) is 0 Å². The van der Waals surface area contributed by atoms with Crippen LogP contribution in [-0.2, 0) is 16.1 Å². The van der Waals surface area contributed by atoms with E-state index in [4.69, 9.17) is 4.74 Å². The summed E-state index contributed by atoms with van der Waals surface area (Å²) in [7, 11) is 0. The summed E-state index contributed by atoms with van der Waals surface area (Å²) in [5.41, 5.74) is 1.72. The van der Waals surface area contributed by atoms with Crippen LogP contribution in [0.15, 0.2) is 60.7 Å². The van der Waals surface area contributed by atoms with Gasteiger partial charge in [0.1, 0.15) is 6.61 Å². The molecule has 0 saturated carbocycles. The average Bonchev–Trinajstić information content (AvgIpc) is 2.68. The first-order valence-corrected chi connectivity index (χ1v) is 8.96. The highest BCUT2D eigenvalue weighted by molar-refractivity contribution is 5.93. The van der Waals surface area contributed by atoms with Crippen LogP contribution in [0.2, 0.25) is 0 Å². The molecule has 2 aromatic carbocycles. The Bertz CT molecular complexity index is 733. The highest BCUT2D eigenvalue weighted by Gasteiger charge is 2.33. The summed E-state index contributed by atoms with van der Waals surface area (Å²) in [4.78, 5) is 26.7. The fourth-order valence-electron chi connectivity index (χ4n) is 3.14. The largest absolute Gasteiger partial charge is 0.445 e. The number of nitrogens with one attached hydrogen (secondary N) is 1. The van der Waals surface area contributed by atoms with Gasteiger partial charge < -0.3 is 15.0 Å². The zero-order valence-electron chi connectivity index (χ0n) is 14.9. The summed E-state index contributed by atoms with van der Waals surface area (Å²) in [5.74, 6) is -0.278. The van der Waals surface area contributed by atoms with Crippen LogP contribution in [-0.4, -0.2) is 29.5 Å². The van der Waals surface area contributed by atoms with Gasteiger partial charge in [-0.25, -0.2) is 4.79 Å². The topological polar surface area (TPSA) is 58.6 Å². The molecule has 3 rings (SSSR count). The molecule has 1 aliphatic heterocycles. The van der Waals surface area contributed by atoms with Crippen molar-refractivity contribution in [3.8, 4) is 0 Å². The number of anilines is 1. The number of benzene rings is 2. The molecule has 0 bridgehead atoms. The molecule has 1 heterocycles. The number of likely N-dealkylation sites (tertiary alicyclic amines) is 1. The molecule has 1 fully saturated rings. The number of hydrogen-bond acceptors (Lipinski definition) is 3. The number of piperidine rings is 1. The molecule has 26 heavy (non-hydrogen) atoms. The molecule has 5 heteroatoms. The van der Waals surface area contributed by atoms with Crippen molar-refractivity contribution in [1.82, 2.24) is 4.90 Å². The third-order valence-corrected chi connectivity index (χ3v) is 4.73. The lowest BCUT2D eigenvalue weighted by molar-refractivity contribution is -0.121. The lowest BCUT2D eigenvalue weighted by Gasteiger charge is -2.36. The molecule has 136 valence electrons. The average molecular weight is 352 g/mol. The minimum Gasteiger partial charge on any atom is -0.445 e. The second-order valence-electron chi connectivity index (χ2n) is 6.67. The van der Waals surface area contributed by atoms with Gasteiger partial charge in [0, 0.05) is 18.3 Å². The van der Waals surface area contributed by atoms with E-state index in [0.29, 0.717) is 6.54 Å². The van der Waals surface area contributed by atoms with E-state index in [0.717, 1.165) is 24.1 Å². The van der Waals surface area contributed by atoms with Crippen LogP contribution in [0.3, 0.4) is 0 Å². The normalized spacial score (nSPS) is 19.7. The molecule has 2 unspecified atom stereocenters. The number of rotatable bonds is 4. The predicted molar refractivity (Wildman–Crippen MR) is 101 cm³/mol. The molecule has 2 atom stereocenters. The Morgan fingerprint density at radius 2 is 1.69 bits per heavy atom. The van der Waals surface area contributed by atoms with E-state index in [2.05, 4.69) is 5.32 Å². The van der Waals surface area contributed by atoms with E-state index in [1.165, 1.54) is 0 Å². The van der Waals surface area contributed by atoms with Crippen molar-refractivity contribution in [2.24, 2.45) is 5.92 Å².